The molecule has 3 nitrogen and oxygen atoms in total. The van der Waals surface area contributed by atoms with Crippen LogP contribution in [-0.2, 0) is 10.3 Å². The zero-order chi connectivity index (χ0) is 11.1. The molecule has 0 heterocycles. The van der Waals surface area contributed by atoms with Crippen LogP contribution in [0.2, 0.25) is 0 Å². The van der Waals surface area contributed by atoms with E-state index >= 15 is 0 Å². The highest BCUT2D eigenvalue weighted by Gasteiger charge is 2.29. The molecule has 0 spiro atoms. The van der Waals surface area contributed by atoms with E-state index in [0.29, 0.717) is 13.0 Å². The van der Waals surface area contributed by atoms with E-state index in [4.69, 9.17) is 9.84 Å². The average molecular weight is 209 g/mol. The third-order valence-corrected chi connectivity index (χ3v) is 2.73. The van der Waals surface area contributed by atoms with Crippen LogP contribution < -0.4 is 5.32 Å². The minimum Gasteiger partial charge on any atom is -0.396 e. The van der Waals surface area contributed by atoms with Gasteiger partial charge in [-0.2, -0.15) is 0 Å². The van der Waals surface area contributed by atoms with Gasteiger partial charge in [-0.15, -0.1) is 0 Å². The van der Waals surface area contributed by atoms with Crippen molar-refractivity contribution in [3.8, 4) is 0 Å². The highest BCUT2D eigenvalue weighted by Crippen LogP contribution is 2.24. The summed E-state index contributed by atoms with van der Waals surface area (Å²) in [5.41, 5.74) is 0.855. The Bertz CT molecular complexity index is 268. The number of likely N-dealkylation sites (N-methyl/N-ethyl adjacent to an activating group) is 1. The second kappa shape index (κ2) is 5.85. The molecule has 1 rings (SSSR count). The first-order chi connectivity index (χ1) is 7.29. The van der Waals surface area contributed by atoms with Crippen LogP contribution in [0, 0.1) is 0 Å². The molecule has 84 valence electrons. The normalized spacial score (nSPS) is 14.9. The predicted molar refractivity (Wildman–Crippen MR) is 60.8 cm³/mol. The Kier molecular flexibility index (Phi) is 4.75. The first-order valence-electron chi connectivity index (χ1n) is 5.13. The summed E-state index contributed by atoms with van der Waals surface area (Å²) >= 11 is 0. The van der Waals surface area contributed by atoms with E-state index in [0.717, 1.165) is 5.56 Å². The number of hydrogen-bond acceptors (Lipinski definition) is 3. The Morgan fingerprint density at radius 3 is 2.47 bits per heavy atom. The molecule has 0 aliphatic heterocycles. The van der Waals surface area contributed by atoms with Gasteiger partial charge in [-0.3, -0.25) is 0 Å². The number of aliphatic hydroxyl groups is 1. The molecule has 0 saturated heterocycles. The van der Waals surface area contributed by atoms with Gasteiger partial charge < -0.3 is 15.2 Å². The van der Waals surface area contributed by atoms with E-state index in [1.807, 2.05) is 37.4 Å². The molecule has 0 bridgehead atoms. The van der Waals surface area contributed by atoms with Gasteiger partial charge in [0, 0.05) is 13.7 Å². The lowest BCUT2D eigenvalue weighted by Gasteiger charge is -2.33. The number of rotatable bonds is 6. The first kappa shape index (κ1) is 12.2. The van der Waals surface area contributed by atoms with Crippen LogP contribution in [0.5, 0.6) is 0 Å². The minimum atomic E-state index is -0.287. The molecule has 0 saturated carbocycles. The molecule has 0 aliphatic rings. The van der Waals surface area contributed by atoms with Gasteiger partial charge in [0.1, 0.15) is 0 Å². The average Bonchev–Trinajstić information content (AvgIpc) is 2.30. The van der Waals surface area contributed by atoms with Gasteiger partial charge in [-0.05, 0) is 19.0 Å². The van der Waals surface area contributed by atoms with Crippen LogP contribution in [0.25, 0.3) is 0 Å². The SMILES string of the molecule is CNC(CCO)(COC)c1ccccc1. The van der Waals surface area contributed by atoms with Crippen molar-refractivity contribution in [3.05, 3.63) is 35.9 Å². The molecule has 1 atom stereocenters. The van der Waals surface area contributed by atoms with Gasteiger partial charge in [0.2, 0.25) is 0 Å². The van der Waals surface area contributed by atoms with E-state index < -0.39 is 0 Å². The summed E-state index contributed by atoms with van der Waals surface area (Å²) in [5, 5.41) is 12.4. The summed E-state index contributed by atoms with van der Waals surface area (Å²) in [6.07, 6.45) is 0.640. The largest absolute Gasteiger partial charge is 0.396 e. The van der Waals surface area contributed by atoms with Gasteiger partial charge in [0.05, 0.1) is 12.1 Å². The van der Waals surface area contributed by atoms with Gasteiger partial charge in [0.25, 0.3) is 0 Å². The van der Waals surface area contributed by atoms with Gasteiger partial charge in [-0.25, -0.2) is 0 Å². The van der Waals surface area contributed by atoms with E-state index in [-0.39, 0.29) is 12.1 Å². The summed E-state index contributed by atoms with van der Waals surface area (Å²) in [4.78, 5) is 0. The summed E-state index contributed by atoms with van der Waals surface area (Å²) < 4.78 is 5.23. The molecule has 2 N–H and O–H groups in total. The highest BCUT2D eigenvalue weighted by molar-refractivity contribution is 5.24. The van der Waals surface area contributed by atoms with Crippen LogP contribution in [-0.4, -0.2) is 32.5 Å². The third kappa shape index (κ3) is 2.78. The predicted octanol–water partition coefficient (Wildman–Crippen LogP) is 1.13. The third-order valence-electron chi connectivity index (χ3n) is 2.73. The Hall–Kier alpha value is -0.900. The monoisotopic (exact) mass is 209 g/mol. The molecular formula is C12H19NO2. The molecule has 3 heteroatoms. The van der Waals surface area contributed by atoms with Crippen molar-refractivity contribution in [2.45, 2.75) is 12.0 Å². The van der Waals surface area contributed by atoms with Crippen LogP contribution in [0.3, 0.4) is 0 Å². The van der Waals surface area contributed by atoms with Crippen LogP contribution in [0.15, 0.2) is 30.3 Å². The first-order valence-corrected chi connectivity index (χ1v) is 5.13. The van der Waals surface area contributed by atoms with Crippen molar-refractivity contribution in [2.24, 2.45) is 0 Å². The number of methoxy groups -OCH3 is 1. The number of nitrogens with one attached hydrogen (secondary N) is 1. The maximum Gasteiger partial charge on any atom is 0.0691 e. The Morgan fingerprint density at radius 1 is 1.33 bits per heavy atom. The van der Waals surface area contributed by atoms with Gasteiger partial charge in [0.15, 0.2) is 0 Å². The molecule has 0 aromatic heterocycles. The second-order valence-electron chi connectivity index (χ2n) is 3.60. The number of hydrogen-bond donors (Lipinski definition) is 2. The van der Waals surface area contributed by atoms with E-state index in [2.05, 4.69) is 5.32 Å². The van der Waals surface area contributed by atoms with E-state index in [1.54, 1.807) is 7.11 Å². The van der Waals surface area contributed by atoms with Crippen LogP contribution in [0.4, 0.5) is 0 Å². The standard InChI is InChI=1S/C12H19NO2/c1-13-12(8-9-14,10-15-2)11-6-4-3-5-7-11/h3-7,13-14H,8-10H2,1-2H3. The van der Waals surface area contributed by atoms with E-state index in [1.165, 1.54) is 0 Å². The summed E-state index contributed by atoms with van der Waals surface area (Å²) in [6.45, 7) is 0.688. The lowest BCUT2D eigenvalue weighted by atomic mass is 9.88. The maximum atomic E-state index is 9.13. The van der Waals surface area contributed by atoms with Crippen molar-refractivity contribution in [3.63, 3.8) is 0 Å². The molecule has 1 aromatic rings. The smallest absolute Gasteiger partial charge is 0.0691 e. The van der Waals surface area contributed by atoms with Crippen molar-refractivity contribution in [1.82, 2.24) is 5.32 Å². The molecule has 15 heavy (non-hydrogen) atoms. The second-order valence-corrected chi connectivity index (χ2v) is 3.60. The topological polar surface area (TPSA) is 41.5 Å². The van der Waals surface area contributed by atoms with Crippen molar-refractivity contribution in [2.75, 3.05) is 27.4 Å². The molecule has 0 fully saturated rings. The Morgan fingerprint density at radius 2 is 2.00 bits per heavy atom. The number of ether oxygens (including phenoxy) is 1. The van der Waals surface area contributed by atoms with Crippen molar-refractivity contribution < 1.29 is 9.84 Å². The Balaban J connectivity index is 2.97. The lowest BCUT2D eigenvalue weighted by molar-refractivity contribution is 0.0913. The quantitative estimate of drug-likeness (QED) is 0.738. The molecule has 0 aliphatic carbocycles. The molecule has 0 radical (unpaired) electrons. The molecular weight excluding hydrogens is 190 g/mol. The zero-order valence-corrected chi connectivity index (χ0v) is 9.36. The van der Waals surface area contributed by atoms with Crippen LogP contribution in [0.1, 0.15) is 12.0 Å². The Labute approximate surface area is 91.1 Å². The van der Waals surface area contributed by atoms with Crippen LogP contribution >= 0.6 is 0 Å². The van der Waals surface area contributed by atoms with Crippen molar-refractivity contribution in [1.29, 1.82) is 0 Å². The fraction of sp³-hybridized carbons (Fsp3) is 0.500. The number of benzene rings is 1. The molecule has 1 unspecified atom stereocenters. The van der Waals surface area contributed by atoms with E-state index in [9.17, 15) is 0 Å². The number of aliphatic hydroxyl groups excluding tert-OH is 1. The fourth-order valence-electron chi connectivity index (χ4n) is 1.84. The fourth-order valence-corrected chi connectivity index (χ4v) is 1.84. The summed E-state index contributed by atoms with van der Waals surface area (Å²) in [6, 6.07) is 10.1. The lowest BCUT2D eigenvalue weighted by Crippen LogP contribution is -2.44. The highest BCUT2D eigenvalue weighted by atomic mass is 16.5. The van der Waals surface area contributed by atoms with Gasteiger partial charge >= 0.3 is 0 Å². The summed E-state index contributed by atoms with van der Waals surface area (Å²) in [7, 11) is 3.56. The zero-order valence-electron chi connectivity index (χ0n) is 9.36. The molecule has 0 amide bonds. The minimum absolute atomic E-state index is 0.138. The summed E-state index contributed by atoms with van der Waals surface area (Å²) in [5.74, 6) is 0. The van der Waals surface area contributed by atoms with Gasteiger partial charge in [-0.1, -0.05) is 30.3 Å². The molecule has 1 aromatic carbocycles. The maximum absolute atomic E-state index is 9.13. The van der Waals surface area contributed by atoms with Crippen molar-refractivity contribution >= 4 is 0 Å².